The molecule has 0 spiro atoms. The van der Waals surface area contributed by atoms with Gasteiger partial charge in [-0.2, -0.15) is 9.50 Å². The molecule has 0 aliphatic carbocycles. The van der Waals surface area contributed by atoms with E-state index in [2.05, 4.69) is 19.8 Å². The highest BCUT2D eigenvalue weighted by Gasteiger charge is 2.14. The predicted octanol–water partition coefficient (Wildman–Crippen LogP) is 2.24. The topological polar surface area (TPSA) is 89.3 Å². The van der Waals surface area contributed by atoms with Crippen LogP contribution in [-0.4, -0.2) is 38.4 Å². The number of aromatic nitrogens is 4. The van der Waals surface area contributed by atoms with E-state index in [1.165, 1.54) is 11.6 Å². The molecule has 0 radical (unpaired) electrons. The number of hydrogen-bond acceptors (Lipinski definition) is 6. The number of nitrogens with zero attached hydrogens (tertiary/aromatic N) is 3. The molecule has 2 heterocycles. The van der Waals surface area contributed by atoms with Crippen LogP contribution in [0.15, 0.2) is 34.2 Å². The molecular weight excluding hydrogens is 364 g/mol. The lowest BCUT2D eigenvalue weighted by molar-refractivity contribution is -0.137. The van der Waals surface area contributed by atoms with Crippen LogP contribution in [0.4, 0.5) is 0 Å². The zero-order chi connectivity index (χ0) is 18.0. The number of carbonyl (C=O) groups excluding carboxylic acids is 1. The van der Waals surface area contributed by atoms with E-state index >= 15 is 0 Å². The van der Waals surface area contributed by atoms with Gasteiger partial charge in [0.1, 0.15) is 0 Å². The average molecular weight is 379 g/mol. The Morgan fingerprint density at radius 1 is 1.32 bits per heavy atom. The smallest absolute Gasteiger partial charge is 0.316 e. The summed E-state index contributed by atoms with van der Waals surface area (Å²) in [7, 11) is 1.32. The number of H-pyrrole nitrogens is 1. The summed E-state index contributed by atoms with van der Waals surface area (Å²) in [6.07, 6.45) is 0.446. The van der Waals surface area contributed by atoms with Crippen molar-refractivity contribution in [2.24, 2.45) is 0 Å². The van der Waals surface area contributed by atoms with Crippen molar-refractivity contribution < 1.29 is 9.53 Å². The third-order valence-corrected chi connectivity index (χ3v) is 4.71. The number of aromatic amines is 1. The zero-order valence-corrected chi connectivity index (χ0v) is 15.1. The minimum atomic E-state index is -0.370. The van der Waals surface area contributed by atoms with Crippen LogP contribution in [0.25, 0.3) is 5.78 Å². The first-order valence-electron chi connectivity index (χ1n) is 7.40. The molecule has 1 N–H and O–H groups in total. The third-order valence-electron chi connectivity index (χ3n) is 3.62. The van der Waals surface area contributed by atoms with E-state index in [1.807, 2.05) is 12.1 Å². The van der Waals surface area contributed by atoms with E-state index in [0.717, 1.165) is 17.3 Å². The summed E-state index contributed by atoms with van der Waals surface area (Å²) < 4.78 is 5.88. The maximum atomic E-state index is 12.8. The molecule has 0 bridgehead atoms. The molecule has 0 aliphatic heterocycles. The van der Waals surface area contributed by atoms with E-state index in [4.69, 9.17) is 11.6 Å². The number of aryl methyl sites for hydroxylation is 1. The van der Waals surface area contributed by atoms with Crippen LogP contribution in [0.1, 0.15) is 16.8 Å². The maximum Gasteiger partial charge on any atom is 0.316 e. The number of ether oxygens (including phenoxy) is 1. The molecule has 0 atom stereocenters. The van der Waals surface area contributed by atoms with E-state index in [-0.39, 0.29) is 23.1 Å². The molecule has 0 saturated heterocycles. The van der Waals surface area contributed by atoms with Gasteiger partial charge in [0.25, 0.3) is 11.3 Å². The number of hydrogen-bond donors (Lipinski definition) is 1. The van der Waals surface area contributed by atoms with Gasteiger partial charge in [-0.3, -0.25) is 14.7 Å². The second-order valence-electron chi connectivity index (χ2n) is 5.31. The van der Waals surface area contributed by atoms with Crippen LogP contribution in [-0.2, 0) is 16.0 Å². The van der Waals surface area contributed by atoms with Gasteiger partial charge in [0.05, 0.1) is 18.6 Å². The average Bonchev–Trinajstić information content (AvgIpc) is 3.01. The van der Waals surface area contributed by atoms with Gasteiger partial charge in [-0.25, -0.2) is 4.98 Å². The molecule has 0 saturated carbocycles. The van der Waals surface area contributed by atoms with E-state index < -0.39 is 0 Å². The molecule has 1 aromatic carbocycles. The second-order valence-corrected chi connectivity index (χ2v) is 6.71. The number of rotatable bonds is 5. The Morgan fingerprint density at radius 2 is 2.04 bits per heavy atom. The fraction of sp³-hybridized carbons (Fsp3) is 0.250. The summed E-state index contributed by atoms with van der Waals surface area (Å²) in [6.45, 7) is 1.78. The van der Waals surface area contributed by atoms with Crippen molar-refractivity contribution >= 4 is 35.1 Å². The molecule has 2 aromatic heterocycles. The van der Waals surface area contributed by atoms with Crippen LogP contribution < -0.4 is 5.56 Å². The van der Waals surface area contributed by atoms with Crippen LogP contribution >= 0.6 is 23.4 Å². The van der Waals surface area contributed by atoms with Gasteiger partial charge in [0, 0.05) is 17.0 Å². The summed E-state index contributed by atoms with van der Waals surface area (Å²) in [6, 6.07) is 7.32. The molecule has 0 fully saturated rings. The highest BCUT2D eigenvalue weighted by atomic mass is 35.5. The van der Waals surface area contributed by atoms with Crippen molar-refractivity contribution in [1.29, 1.82) is 0 Å². The summed E-state index contributed by atoms with van der Waals surface area (Å²) in [5.41, 5.74) is 1.95. The number of methoxy groups -OCH3 is 1. The summed E-state index contributed by atoms with van der Waals surface area (Å²) in [4.78, 5) is 32.6. The monoisotopic (exact) mass is 378 g/mol. The molecule has 9 heteroatoms. The zero-order valence-electron chi connectivity index (χ0n) is 13.6. The van der Waals surface area contributed by atoms with Crippen molar-refractivity contribution in [1.82, 2.24) is 19.6 Å². The fourth-order valence-corrected chi connectivity index (χ4v) is 3.10. The summed E-state index contributed by atoms with van der Waals surface area (Å²) >= 11 is 7.04. The van der Waals surface area contributed by atoms with Crippen molar-refractivity contribution in [2.75, 3.05) is 12.9 Å². The number of fused-ring (bicyclic) bond motifs is 1. The van der Waals surface area contributed by atoms with E-state index in [0.29, 0.717) is 27.9 Å². The van der Waals surface area contributed by atoms with Crippen LogP contribution in [0.5, 0.6) is 0 Å². The largest absolute Gasteiger partial charge is 0.468 e. The Balaban J connectivity index is 1.93. The Kier molecular flexibility index (Phi) is 5.10. The lowest BCUT2D eigenvalue weighted by Crippen LogP contribution is -2.22. The molecule has 7 nitrogen and oxygen atoms in total. The second kappa shape index (κ2) is 7.28. The van der Waals surface area contributed by atoms with Gasteiger partial charge in [-0.05, 0) is 24.6 Å². The Bertz CT molecular complexity index is 981. The van der Waals surface area contributed by atoms with Gasteiger partial charge >= 0.3 is 5.97 Å². The molecule has 0 unspecified atom stereocenters. The first kappa shape index (κ1) is 17.5. The Hall–Kier alpha value is -2.32. The minimum Gasteiger partial charge on any atom is -0.468 e. The Morgan fingerprint density at radius 3 is 2.72 bits per heavy atom. The summed E-state index contributed by atoms with van der Waals surface area (Å²) in [5.74, 6) is 0.00176. The molecule has 0 aliphatic rings. The first-order chi connectivity index (χ1) is 12.0. The van der Waals surface area contributed by atoms with Crippen molar-refractivity contribution in [2.45, 2.75) is 18.5 Å². The highest BCUT2D eigenvalue weighted by Crippen LogP contribution is 2.16. The van der Waals surface area contributed by atoms with Gasteiger partial charge in [-0.1, -0.05) is 35.5 Å². The molecule has 3 rings (SSSR count). The third kappa shape index (κ3) is 3.85. The highest BCUT2D eigenvalue weighted by molar-refractivity contribution is 7.99. The molecule has 25 heavy (non-hydrogen) atoms. The molecule has 3 aromatic rings. The summed E-state index contributed by atoms with van der Waals surface area (Å²) in [5, 5.41) is 3.94. The number of nitrogens with one attached hydrogen (secondary N) is 1. The van der Waals surface area contributed by atoms with Gasteiger partial charge < -0.3 is 4.74 Å². The predicted molar refractivity (Wildman–Crippen MR) is 95.3 cm³/mol. The van der Waals surface area contributed by atoms with E-state index in [1.54, 1.807) is 19.1 Å². The Labute approximate surface area is 152 Å². The number of thioether (sulfide) groups is 1. The molecular formula is C16H15ClN4O3S. The lowest BCUT2D eigenvalue weighted by Gasteiger charge is -2.05. The van der Waals surface area contributed by atoms with E-state index in [9.17, 15) is 9.59 Å². The van der Waals surface area contributed by atoms with Crippen molar-refractivity contribution in [3.63, 3.8) is 0 Å². The van der Waals surface area contributed by atoms with Crippen LogP contribution in [0.2, 0.25) is 5.02 Å². The van der Waals surface area contributed by atoms with Crippen molar-refractivity contribution in [3.8, 4) is 0 Å². The van der Waals surface area contributed by atoms with Crippen LogP contribution in [0, 0.1) is 6.92 Å². The van der Waals surface area contributed by atoms with Gasteiger partial charge in [-0.15, -0.1) is 0 Å². The number of benzene rings is 1. The molecule has 130 valence electrons. The van der Waals surface area contributed by atoms with Gasteiger partial charge in [0.15, 0.2) is 5.16 Å². The lowest BCUT2D eigenvalue weighted by atomic mass is 10.1. The van der Waals surface area contributed by atoms with Crippen molar-refractivity contribution in [3.05, 3.63) is 56.5 Å². The number of halogens is 1. The van der Waals surface area contributed by atoms with Crippen LogP contribution in [0.3, 0.4) is 0 Å². The number of esters is 1. The maximum absolute atomic E-state index is 12.8. The quantitative estimate of drug-likeness (QED) is 0.541. The SMILES string of the molecule is COC(=O)CSc1nc2nc(C)c(Cc3ccc(Cl)cc3)c(=O)n2[nH]1. The minimum absolute atomic E-state index is 0.0989. The molecule has 0 amide bonds. The fourth-order valence-electron chi connectivity index (χ4n) is 2.30. The normalized spacial score (nSPS) is 11.0. The first-order valence-corrected chi connectivity index (χ1v) is 8.76. The van der Waals surface area contributed by atoms with Gasteiger partial charge in [0.2, 0.25) is 0 Å². The standard InChI is InChI=1S/C16H15ClN4O3S/c1-9-12(7-10-3-5-11(17)6-4-10)14(23)21-15(18-9)19-16(20-21)25-8-13(22)24-2/h3-6H,7-8H2,1-2H3,(H,18,19,20). The number of carbonyl (C=O) groups is 1.